The van der Waals surface area contributed by atoms with Crippen LogP contribution in [0.4, 0.5) is 0 Å². The van der Waals surface area contributed by atoms with Gasteiger partial charge < -0.3 is 4.74 Å². The first-order valence-electron chi connectivity index (χ1n) is 5.51. The number of esters is 1. The fourth-order valence-electron chi connectivity index (χ4n) is 1.24. The highest BCUT2D eigenvalue weighted by Gasteiger charge is 2.13. The van der Waals surface area contributed by atoms with Gasteiger partial charge in [-0.25, -0.2) is 13.2 Å². The van der Waals surface area contributed by atoms with E-state index < -0.39 is 15.8 Å². The summed E-state index contributed by atoms with van der Waals surface area (Å²) in [4.78, 5) is 11.7. The van der Waals surface area contributed by atoms with Crippen molar-refractivity contribution in [3.8, 4) is 0 Å². The normalized spacial score (nSPS) is 11.2. The molecule has 0 heterocycles. The van der Waals surface area contributed by atoms with Gasteiger partial charge in [0.25, 0.3) is 0 Å². The zero-order chi connectivity index (χ0) is 12.9. The molecule has 5 heteroatoms. The van der Waals surface area contributed by atoms with Crippen LogP contribution in [0.15, 0.2) is 29.2 Å². The van der Waals surface area contributed by atoms with Crippen LogP contribution in [0.2, 0.25) is 0 Å². The van der Waals surface area contributed by atoms with Gasteiger partial charge in [0.2, 0.25) is 0 Å². The molecule has 0 radical (unpaired) electrons. The predicted octanol–water partition coefficient (Wildman–Crippen LogP) is 2.05. The second kappa shape index (κ2) is 5.82. The fraction of sp³-hybridized carbons (Fsp3) is 0.417. The van der Waals surface area contributed by atoms with Crippen molar-refractivity contribution in [2.75, 3.05) is 12.4 Å². The van der Waals surface area contributed by atoms with Crippen molar-refractivity contribution < 1.29 is 17.9 Å². The van der Waals surface area contributed by atoms with E-state index in [0.29, 0.717) is 12.2 Å². The van der Waals surface area contributed by atoms with Crippen LogP contribution >= 0.6 is 0 Å². The quantitative estimate of drug-likeness (QED) is 0.756. The molecule has 0 saturated carbocycles. The minimum atomic E-state index is -3.21. The van der Waals surface area contributed by atoms with Gasteiger partial charge in [0.05, 0.1) is 22.8 Å². The molecule has 17 heavy (non-hydrogen) atoms. The third-order valence-corrected chi connectivity index (χ3v) is 4.02. The first-order chi connectivity index (χ1) is 8.01. The summed E-state index contributed by atoms with van der Waals surface area (Å²) in [6, 6.07) is 5.81. The van der Waals surface area contributed by atoms with E-state index in [1.807, 2.05) is 6.92 Å². The molecule has 0 unspecified atom stereocenters. The van der Waals surface area contributed by atoms with E-state index in [4.69, 9.17) is 4.74 Å². The molecule has 1 aromatic rings. The van der Waals surface area contributed by atoms with Gasteiger partial charge in [-0.2, -0.15) is 0 Å². The van der Waals surface area contributed by atoms with Crippen molar-refractivity contribution in [1.82, 2.24) is 0 Å². The Bertz CT molecular complexity index is 474. The summed E-state index contributed by atoms with van der Waals surface area (Å²) in [6.07, 6.45) is 0.758. The smallest absolute Gasteiger partial charge is 0.338 e. The lowest BCUT2D eigenvalue weighted by molar-refractivity contribution is 0.0505. The Morgan fingerprint density at radius 1 is 1.18 bits per heavy atom. The van der Waals surface area contributed by atoms with Crippen LogP contribution in [0.3, 0.4) is 0 Å². The second-order valence-corrected chi connectivity index (χ2v) is 5.84. The minimum Gasteiger partial charge on any atom is -0.462 e. The van der Waals surface area contributed by atoms with Gasteiger partial charge in [0.15, 0.2) is 9.84 Å². The molecular weight excluding hydrogens is 240 g/mol. The van der Waals surface area contributed by atoms with Gasteiger partial charge in [-0.15, -0.1) is 0 Å². The van der Waals surface area contributed by atoms with E-state index in [2.05, 4.69) is 0 Å². The number of ether oxygens (including phenoxy) is 1. The minimum absolute atomic E-state index is 0.0482. The monoisotopic (exact) mass is 256 g/mol. The summed E-state index contributed by atoms with van der Waals surface area (Å²) < 4.78 is 28.0. The molecule has 0 aromatic heterocycles. The third-order valence-electron chi connectivity index (χ3n) is 2.27. The fourth-order valence-corrected chi connectivity index (χ4v) is 2.13. The molecule has 1 aromatic carbocycles. The van der Waals surface area contributed by atoms with E-state index in [-0.39, 0.29) is 10.6 Å². The molecule has 0 aliphatic carbocycles. The Morgan fingerprint density at radius 3 is 2.24 bits per heavy atom. The van der Waals surface area contributed by atoms with Crippen molar-refractivity contribution in [2.45, 2.75) is 25.2 Å². The number of sulfone groups is 1. The number of carbonyl (C=O) groups excluding carboxylic acids is 1. The topological polar surface area (TPSA) is 60.4 Å². The van der Waals surface area contributed by atoms with Crippen molar-refractivity contribution in [1.29, 1.82) is 0 Å². The van der Waals surface area contributed by atoms with Crippen molar-refractivity contribution in [3.63, 3.8) is 0 Å². The Balaban J connectivity index is 2.85. The molecule has 1 rings (SSSR count). The van der Waals surface area contributed by atoms with Crippen molar-refractivity contribution in [2.24, 2.45) is 0 Å². The summed E-state index contributed by atoms with van der Waals surface area (Å²) in [7, 11) is -3.21. The number of benzene rings is 1. The molecule has 0 spiro atoms. The Kier molecular flexibility index (Phi) is 4.69. The molecule has 0 aliphatic heterocycles. The highest BCUT2D eigenvalue weighted by Crippen LogP contribution is 2.13. The molecule has 0 atom stereocenters. The average Bonchev–Trinajstić information content (AvgIpc) is 2.36. The summed E-state index contributed by atoms with van der Waals surface area (Å²) in [5, 5.41) is 0. The lowest BCUT2D eigenvalue weighted by Crippen LogP contribution is -2.07. The molecule has 94 valence electrons. The Labute approximate surface area is 102 Å². The Morgan fingerprint density at radius 2 is 1.76 bits per heavy atom. The molecule has 0 saturated heterocycles. The van der Waals surface area contributed by atoms with Crippen LogP contribution in [-0.2, 0) is 14.6 Å². The lowest BCUT2D eigenvalue weighted by Gasteiger charge is -2.04. The summed E-state index contributed by atoms with van der Waals surface area (Å²) in [5.41, 5.74) is 0.369. The summed E-state index contributed by atoms with van der Waals surface area (Å²) in [5.74, 6) is -0.376. The molecule has 0 fully saturated rings. The van der Waals surface area contributed by atoms with Gasteiger partial charge >= 0.3 is 5.97 Å². The maximum Gasteiger partial charge on any atom is 0.338 e. The van der Waals surface area contributed by atoms with Crippen LogP contribution in [0, 0.1) is 0 Å². The lowest BCUT2D eigenvalue weighted by atomic mass is 10.2. The molecule has 0 aliphatic rings. The molecular formula is C12H16O4S. The highest BCUT2D eigenvalue weighted by atomic mass is 32.2. The van der Waals surface area contributed by atoms with Crippen LogP contribution in [0.25, 0.3) is 0 Å². The zero-order valence-corrected chi connectivity index (χ0v) is 10.8. The largest absolute Gasteiger partial charge is 0.462 e. The molecule has 0 amide bonds. The third kappa shape index (κ3) is 3.56. The van der Waals surface area contributed by atoms with Gasteiger partial charge in [-0.1, -0.05) is 13.8 Å². The van der Waals surface area contributed by atoms with Gasteiger partial charge in [0.1, 0.15) is 0 Å². The number of rotatable bonds is 5. The summed E-state index contributed by atoms with van der Waals surface area (Å²) >= 11 is 0. The van der Waals surface area contributed by atoms with E-state index in [1.165, 1.54) is 24.3 Å². The van der Waals surface area contributed by atoms with E-state index >= 15 is 0 Å². The number of carbonyl (C=O) groups is 1. The first kappa shape index (κ1) is 13.7. The Hall–Kier alpha value is -1.36. The van der Waals surface area contributed by atoms with Gasteiger partial charge in [-0.05, 0) is 30.7 Å². The SMILES string of the molecule is CCCOC(=O)c1ccc(S(=O)(=O)CC)cc1. The first-order valence-corrected chi connectivity index (χ1v) is 7.16. The standard InChI is InChI=1S/C12H16O4S/c1-3-9-16-12(13)10-5-7-11(8-6-10)17(14,15)4-2/h5-8H,3-4,9H2,1-2H3. The van der Waals surface area contributed by atoms with E-state index in [9.17, 15) is 13.2 Å². The van der Waals surface area contributed by atoms with Crippen molar-refractivity contribution in [3.05, 3.63) is 29.8 Å². The molecule has 4 nitrogen and oxygen atoms in total. The van der Waals surface area contributed by atoms with Crippen LogP contribution in [-0.4, -0.2) is 26.7 Å². The second-order valence-electron chi connectivity index (χ2n) is 3.56. The number of hydrogen-bond donors (Lipinski definition) is 0. The van der Waals surface area contributed by atoms with Gasteiger partial charge in [0, 0.05) is 0 Å². The predicted molar refractivity (Wildman–Crippen MR) is 64.7 cm³/mol. The molecule has 0 N–H and O–H groups in total. The summed E-state index contributed by atoms with van der Waals surface area (Å²) in [6.45, 7) is 3.86. The van der Waals surface area contributed by atoms with Crippen molar-refractivity contribution >= 4 is 15.8 Å². The van der Waals surface area contributed by atoms with E-state index in [1.54, 1.807) is 6.92 Å². The van der Waals surface area contributed by atoms with E-state index in [0.717, 1.165) is 6.42 Å². The maximum atomic E-state index is 11.5. The molecule has 0 bridgehead atoms. The average molecular weight is 256 g/mol. The van der Waals surface area contributed by atoms with Crippen LogP contribution in [0.1, 0.15) is 30.6 Å². The van der Waals surface area contributed by atoms with Gasteiger partial charge in [-0.3, -0.25) is 0 Å². The highest BCUT2D eigenvalue weighted by molar-refractivity contribution is 7.91. The zero-order valence-electron chi connectivity index (χ0n) is 9.97. The van der Waals surface area contributed by atoms with Crippen LogP contribution < -0.4 is 0 Å². The maximum absolute atomic E-state index is 11.5. The van der Waals surface area contributed by atoms with Crippen LogP contribution in [0.5, 0.6) is 0 Å². The number of hydrogen-bond acceptors (Lipinski definition) is 4.